The van der Waals surface area contributed by atoms with Crippen LogP contribution in [0.3, 0.4) is 0 Å². The van der Waals surface area contributed by atoms with Crippen molar-refractivity contribution in [3.05, 3.63) is 66.2 Å². The van der Waals surface area contributed by atoms with E-state index in [-0.39, 0.29) is 12.0 Å². The summed E-state index contributed by atoms with van der Waals surface area (Å²) in [5.41, 5.74) is 2.90. The summed E-state index contributed by atoms with van der Waals surface area (Å²) in [6, 6.07) is 15.1. The van der Waals surface area contributed by atoms with E-state index >= 15 is 0 Å². The van der Waals surface area contributed by atoms with Gasteiger partial charge in [-0.25, -0.2) is 4.39 Å². The largest absolute Gasteiger partial charge is 0.484 e. The number of likely N-dealkylation sites (tertiary alicyclic amines) is 1. The fourth-order valence-electron chi connectivity index (χ4n) is 5.02. The second-order valence-electron chi connectivity index (χ2n) is 8.95. The van der Waals surface area contributed by atoms with Crippen molar-refractivity contribution in [3.8, 4) is 11.5 Å². The van der Waals surface area contributed by atoms with Crippen LogP contribution in [-0.2, 0) is 6.54 Å². The highest BCUT2D eigenvalue weighted by atomic mass is 19.1. The molecule has 1 fully saturated rings. The Morgan fingerprint density at radius 2 is 1.94 bits per heavy atom. The van der Waals surface area contributed by atoms with Gasteiger partial charge in [0.1, 0.15) is 12.4 Å². The number of ether oxygens (including phenoxy) is 2. The van der Waals surface area contributed by atoms with Crippen LogP contribution in [0.25, 0.3) is 21.8 Å². The van der Waals surface area contributed by atoms with Crippen molar-refractivity contribution >= 4 is 21.8 Å². The Labute approximate surface area is 186 Å². The molecule has 0 N–H and O–H groups in total. The summed E-state index contributed by atoms with van der Waals surface area (Å²) < 4.78 is 28.4. The predicted octanol–water partition coefficient (Wildman–Crippen LogP) is 5.15. The Balaban J connectivity index is 1.14. The number of aryl methyl sites for hydroxylation is 1. The smallest absolute Gasteiger partial charge is 0.187 e. The number of nitrogens with zero attached hydrogens (tertiary/aromatic N) is 3. The molecule has 2 aliphatic heterocycles. The fourth-order valence-corrected chi connectivity index (χ4v) is 5.02. The number of halogens is 1. The zero-order chi connectivity index (χ0) is 21.7. The van der Waals surface area contributed by atoms with Gasteiger partial charge in [-0.1, -0.05) is 0 Å². The Kier molecular flexibility index (Phi) is 4.76. The summed E-state index contributed by atoms with van der Waals surface area (Å²) in [5.74, 6) is 1.98. The molecule has 1 saturated heterocycles. The molecule has 5 nitrogen and oxygen atoms in total. The average molecular weight is 432 g/mol. The van der Waals surface area contributed by atoms with Crippen molar-refractivity contribution in [2.24, 2.45) is 5.92 Å². The van der Waals surface area contributed by atoms with Gasteiger partial charge in [0, 0.05) is 36.9 Å². The summed E-state index contributed by atoms with van der Waals surface area (Å²) in [4.78, 5) is 7.00. The standard InChI is InChI=1S/C26H26FN3O2/c1-17-2-5-21-22(28-17)6-7-24-26(21)32-25(16-31-24)29-11-8-18(9-12-29)15-30-13-10-19-3-4-20(27)14-23(19)30/h2-7,10,13-14,18,25H,8-9,11-12,15-16H2,1H3. The van der Waals surface area contributed by atoms with E-state index in [1.807, 2.05) is 31.2 Å². The van der Waals surface area contributed by atoms with E-state index in [1.54, 1.807) is 6.07 Å². The van der Waals surface area contributed by atoms with Crippen LogP contribution in [-0.4, -0.2) is 40.4 Å². The predicted molar refractivity (Wildman–Crippen MR) is 123 cm³/mol. The van der Waals surface area contributed by atoms with Crippen LogP contribution in [0.2, 0.25) is 0 Å². The second kappa shape index (κ2) is 7.78. The number of piperidine rings is 1. The number of hydrogen-bond acceptors (Lipinski definition) is 4. The van der Waals surface area contributed by atoms with Crippen LogP contribution >= 0.6 is 0 Å². The third-order valence-electron chi connectivity index (χ3n) is 6.81. The Bertz CT molecular complexity index is 1290. The van der Waals surface area contributed by atoms with E-state index < -0.39 is 0 Å². The number of aromatic nitrogens is 2. The molecular weight excluding hydrogens is 405 g/mol. The quantitative estimate of drug-likeness (QED) is 0.450. The molecule has 0 amide bonds. The zero-order valence-corrected chi connectivity index (χ0v) is 18.1. The molecule has 0 aliphatic carbocycles. The molecule has 4 heterocycles. The molecule has 1 atom stereocenters. The van der Waals surface area contributed by atoms with Crippen LogP contribution in [0.15, 0.2) is 54.7 Å². The first-order valence-electron chi connectivity index (χ1n) is 11.3. The van der Waals surface area contributed by atoms with Gasteiger partial charge >= 0.3 is 0 Å². The van der Waals surface area contributed by atoms with Gasteiger partial charge in [-0.2, -0.15) is 0 Å². The molecule has 2 aromatic heterocycles. The van der Waals surface area contributed by atoms with Gasteiger partial charge in [0.2, 0.25) is 0 Å². The molecule has 1 unspecified atom stereocenters. The minimum atomic E-state index is -0.181. The molecule has 164 valence electrons. The second-order valence-corrected chi connectivity index (χ2v) is 8.95. The van der Waals surface area contributed by atoms with E-state index in [0.29, 0.717) is 12.5 Å². The van der Waals surface area contributed by atoms with Crippen LogP contribution in [0.5, 0.6) is 11.5 Å². The van der Waals surface area contributed by atoms with Gasteiger partial charge in [-0.05, 0) is 79.6 Å². The lowest BCUT2D eigenvalue weighted by molar-refractivity contribution is -0.0435. The summed E-state index contributed by atoms with van der Waals surface area (Å²) >= 11 is 0. The SMILES string of the molecule is Cc1ccc2c3c(ccc2n1)OCC(N1CCC(Cn2ccc4ccc(F)cc42)CC1)O3. The van der Waals surface area contributed by atoms with Crippen LogP contribution < -0.4 is 9.47 Å². The summed E-state index contributed by atoms with van der Waals surface area (Å²) in [6.45, 7) is 5.37. The highest BCUT2D eigenvalue weighted by Gasteiger charge is 2.31. The average Bonchev–Trinajstić information content (AvgIpc) is 3.20. The normalized spacial score (nSPS) is 19.6. The number of pyridine rings is 1. The first-order chi connectivity index (χ1) is 15.6. The van der Waals surface area contributed by atoms with Crippen molar-refractivity contribution in [1.82, 2.24) is 14.5 Å². The highest BCUT2D eigenvalue weighted by molar-refractivity contribution is 5.88. The maximum Gasteiger partial charge on any atom is 0.187 e. The van der Waals surface area contributed by atoms with Gasteiger partial charge in [-0.15, -0.1) is 0 Å². The first-order valence-corrected chi connectivity index (χ1v) is 11.3. The van der Waals surface area contributed by atoms with Gasteiger partial charge < -0.3 is 14.0 Å². The Hall–Kier alpha value is -3.12. The molecule has 0 saturated carbocycles. The third kappa shape index (κ3) is 3.48. The minimum absolute atomic E-state index is 0.0862. The molecule has 0 bridgehead atoms. The van der Waals surface area contributed by atoms with E-state index in [0.717, 1.165) is 71.5 Å². The Morgan fingerprint density at radius 3 is 2.81 bits per heavy atom. The number of rotatable bonds is 3. The van der Waals surface area contributed by atoms with Crippen LogP contribution in [0.1, 0.15) is 18.5 Å². The highest BCUT2D eigenvalue weighted by Crippen LogP contribution is 2.39. The van der Waals surface area contributed by atoms with Gasteiger partial charge in [-0.3, -0.25) is 9.88 Å². The maximum atomic E-state index is 13.7. The molecule has 32 heavy (non-hydrogen) atoms. The molecule has 4 aromatic rings. The maximum absolute atomic E-state index is 13.7. The molecular formula is C26H26FN3O2. The zero-order valence-electron chi connectivity index (χ0n) is 18.1. The third-order valence-corrected chi connectivity index (χ3v) is 6.81. The summed E-state index contributed by atoms with van der Waals surface area (Å²) in [6.07, 6.45) is 4.15. The number of benzene rings is 2. The van der Waals surface area contributed by atoms with Gasteiger partial charge in [0.15, 0.2) is 17.7 Å². The number of fused-ring (bicyclic) bond motifs is 4. The lowest BCUT2D eigenvalue weighted by Crippen LogP contribution is -2.49. The summed E-state index contributed by atoms with van der Waals surface area (Å²) in [5, 5.41) is 2.09. The van der Waals surface area contributed by atoms with E-state index in [2.05, 4.69) is 32.8 Å². The molecule has 2 aliphatic rings. The van der Waals surface area contributed by atoms with Crippen molar-refractivity contribution in [2.75, 3.05) is 19.7 Å². The van der Waals surface area contributed by atoms with Crippen LogP contribution in [0, 0.1) is 18.7 Å². The Morgan fingerprint density at radius 1 is 1.06 bits per heavy atom. The monoisotopic (exact) mass is 431 g/mol. The van der Waals surface area contributed by atoms with Crippen LogP contribution in [0.4, 0.5) is 4.39 Å². The molecule has 0 radical (unpaired) electrons. The van der Waals surface area contributed by atoms with Gasteiger partial charge in [0.05, 0.1) is 11.0 Å². The lowest BCUT2D eigenvalue weighted by atomic mass is 9.96. The molecule has 6 heteroatoms. The number of hydrogen-bond donors (Lipinski definition) is 0. The molecule has 2 aromatic carbocycles. The van der Waals surface area contributed by atoms with E-state index in [1.165, 1.54) is 6.07 Å². The van der Waals surface area contributed by atoms with Crippen molar-refractivity contribution < 1.29 is 13.9 Å². The topological polar surface area (TPSA) is 39.5 Å². The van der Waals surface area contributed by atoms with E-state index in [9.17, 15) is 4.39 Å². The van der Waals surface area contributed by atoms with Crippen molar-refractivity contribution in [3.63, 3.8) is 0 Å². The van der Waals surface area contributed by atoms with Crippen molar-refractivity contribution in [2.45, 2.75) is 32.5 Å². The minimum Gasteiger partial charge on any atom is -0.484 e. The molecule has 0 spiro atoms. The fraction of sp³-hybridized carbons (Fsp3) is 0.346. The van der Waals surface area contributed by atoms with Crippen molar-refractivity contribution in [1.29, 1.82) is 0 Å². The van der Waals surface area contributed by atoms with E-state index in [4.69, 9.17) is 9.47 Å². The first kappa shape index (κ1) is 19.6. The summed E-state index contributed by atoms with van der Waals surface area (Å²) in [7, 11) is 0. The van der Waals surface area contributed by atoms with Gasteiger partial charge in [0.25, 0.3) is 0 Å². The lowest BCUT2D eigenvalue weighted by Gasteiger charge is -2.39. The molecule has 6 rings (SSSR count).